The first-order valence-corrected chi connectivity index (χ1v) is 11.1. The fourth-order valence-corrected chi connectivity index (χ4v) is 4.08. The highest BCUT2D eigenvalue weighted by molar-refractivity contribution is 6.30. The van der Waals surface area contributed by atoms with Crippen LogP contribution in [0.5, 0.6) is 0 Å². The lowest BCUT2D eigenvalue weighted by atomic mass is 10.1. The molecule has 5 rings (SSSR count). The molecule has 1 saturated heterocycles. The maximum absolute atomic E-state index is 13.7. The molecule has 170 valence electrons. The number of nitrogens with zero attached hydrogens (tertiary/aromatic N) is 6. The van der Waals surface area contributed by atoms with E-state index in [0.29, 0.717) is 38.0 Å². The number of hydrogen-bond acceptors (Lipinski definition) is 6. The van der Waals surface area contributed by atoms with Gasteiger partial charge in [0.2, 0.25) is 5.82 Å². The minimum Gasteiger partial charge on any atom is -0.335 e. The van der Waals surface area contributed by atoms with E-state index in [1.807, 2.05) is 34.0 Å². The van der Waals surface area contributed by atoms with E-state index in [1.54, 1.807) is 4.90 Å². The Morgan fingerprint density at radius 3 is 2.64 bits per heavy atom. The highest BCUT2D eigenvalue weighted by atomic mass is 35.5. The second-order valence-electron chi connectivity index (χ2n) is 8.27. The molecule has 2 aromatic carbocycles. The van der Waals surface area contributed by atoms with Crippen molar-refractivity contribution in [2.75, 3.05) is 31.1 Å². The molecule has 1 fully saturated rings. The van der Waals surface area contributed by atoms with E-state index in [4.69, 9.17) is 16.1 Å². The van der Waals surface area contributed by atoms with Gasteiger partial charge in [-0.15, -0.1) is 0 Å². The van der Waals surface area contributed by atoms with E-state index in [1.165, 1.54) is 18.2 Å². The van der Waals surface area contributed by atoms with Crippen molar-refractivity contribution in [2.45, 2.75) is 19.9 Å². The van der Waals surface area contributed by atoms with Crippen LogP contribution >= 0.6 is 11.6 Å². The fourth-order valence-electron chi connectivity index (χ4n) is 3.96. The van der Waals surface area contributed by atoms with Crippen LogP contribution in [0.25, 0.3) is 22.3 Å². The molecule has 33 heavy (non-hydrogen) atoms. The highest BCUT2D eigenvalue weighted by Gasteiger charge is 2.26. The number of carbonyl (C=O) groups is 1. The molecule has 4 aromatic rings. The molecule has 3 heterocycles. The molecule has 0 unspecified atom stereocenters. The Morgan fingerprint density at radius 1 is 1.12 bits per heavy atom. The fraction of sp³-hybridized carbons (Fsp3) is 0.304. The van der Waals surface area contributed by atoms with E-state index in [0.717, 1.165) is 16.5 Å². The smallest absolute Gasteiger partial charge is 0.324 e. The monoisotopic (exact) mass is 468 g/mol. The maximum atomic E-state index is 13.7. The van der Waals surface area contributed by atoms with Crippen molar-refractivity contribution in [3.63, 3.8) is 0 Å². The molecule has 0 bridgehead atoms. The van der Waals surface area contributed by atoms with Crippen molar-refractivity contribution < 1.29 is 13.7 Å². The summed E-state index contributed by atoms with van der Waals surface area (Å²) < 4.78 is 21.2. The normalized spacial score (nSPS) is 14.5. The van der Waals surface area contributed by atoms with E-state index in [9.17, 15) is 9.18 Å². The number of anilines is 1. The van der Waals surface area contributed by atoms with Gasteiger partial charge in [-0.2, -0.15) is 10.1 Å². The molecular formula is C23H22ClFN6O2. The van der Waals surface area contributed by atoms with Crippen LogP contribution in [0.15, 0.2) is 47.1 Å². The molecule has 1 amide bonds. The number of amides is 1. The van der Waals surface area contributed by atoms with Crippen molar-refractivity contribution in [1.29, 1.82) is 0 Å². The average molecular weight is 469 g/mol. The Bertz CT molecular complexity index is 1330. The second-order valence-corrected chi connectivity index (χ2v) is 8.67. The predicted octanol–water partition coefficient (Wildman–Crippen LogP) is 4.42. The van der Waals surface area contributed by atoms with Crippen molar-refractivity contribution in [1.82, 2.24) is 24.8 Å². The third kappa shape index (κ3) is 4.04. The van der Waals surface area contributed by atoms with Crippen LogP contribution in [0, 0.1) is 5.82 Å². The lowest BCUT2D eigenvalue weighted by Gasteiger charge is -2.33. The molecular weight excluding hydrogens is 447 g/mol. The quantitative estimate of drug-likeness (QED) is 0.441. The van der Waals surface area contributed by atoms with Crippen LogP contribution in [0.4, 0.5) is 10.4 Å². The molecule has 10 heteroatoms. The third-order valence-electron chi connectivity index (χ3n) is 5.77. The third-order valence-corrected chi connectivity index (χ3v) is 6.07. The second kappa shape index (κ2) is 8.47. The molecule has 0 N–H and O–H groups in total. The van der Waals surface area contributed by atoms with E-state index in [-0.39, 0.29) is 22.5 Å². The first kappa shape index (κ1) is 21.4. The zero-order valence-electron chi connectivity index (χ0n) is 18.2. The van der Waals surface area contributed by atoms with Crippen molar-refractivity contribution in [2.24, 2.45) is 0 Å². The summed E-state index contributed by atoms with van der Waals surface area (Å²) in [5.74, 6) is -0.334. The van der Waals surface area contributed by atoms with E-state index in [2.05, 4.69) is 29.1 Å². The van der Waals surface area contributed by atoms with Gasteiger partial charge in [0.05, 0.1) is 16.7 Å². The minimum atomic E-state index is -0.603. The number of rotatable bonds is 4. The number of halogens is 2. The average Bonchev–Trinajstić information content (AvgIpc) is 3.47. The van der Waals surface area contributed by atoms with Gasteiger partial charge in [0.15, 0.2) is 0 Å². The summed E-state index contributed by atoms with van der Waals surface area (Å²) in [6.45, 7) is 6.14. The highest BCUT2D eigenvalue weighted by Crippen LogP contribution is 2.26. The molecule has 1 aliphatic heterocycles. The van der Waals surface area contributed by atoms with Crippen LogP contribution in [0.2, 0.25) is 5.02 Å². The SMILES string of the molecule is CC(C)n1ncc2ccc(-c3noc(N4CCN(C(=O)c5ccc(Cl)c(F)c5)CC4)n3)cc21. The van der Waals surface area contributed by atoms with Crippen LogP contribution < -0.4 is 4.90 Å². The lowest BCUT2D eigenvalue weighted by Crippen LogP contribution is -2.49. The summed E-state index contributed by atoms with van der Waals surface area (Å²) in [7, 11) is 0. The molecule has 0 atom stereocenters. The number of benzene rings is 2. The molecule has 1 aliphatic rings. The number of piperazine rings is 1. The number of carbonyl (C=O) groups excluding carboxylic acids is 1. The number of fused-ring (bicyclic) bond motifs is 1. The van der Waals surface area contributed by atoms with Crippen LogP contribution in [-0.4, -0.2) is 56.9 Å². The van der Waals surface area contributed by atoms with Gasteiger partial charge in [-0.3, -0.25) is 9.48 Å². The van der Waals surface area contributed by atoms with Gasteiger partial charge in [-0.1, -0.05) is 28.9 Å². The zero-order chi connectivity index (χ0) is 23.1. The predicted molar refractivity (Wildman–Crippen MR) is 123 cm³/mol. The van der Waals surface area contributed by atoms with Crippen LogP contribution in [0.1, 0.15) is 30.2 Å². The molecule has 8 nitrogen and oxygen atoms in total. The summed E-state index contributed by atoms with van der Waals surface area (Å²) in [5, 5.41) is 9.65. The summed E-state index contributed by atoms with van der Waals surface area (Å²) in [5.41, 5.74) is 2.14. The molecule has 0 spiro atoms. The Labute approximate surface area is 194 Å². The Morgan fingerprint density at radius 2 is 1.91 bits per heavy atom. The van der Waals surface area contributed by atoms with Crippen molar-refractivity contribution in [3.05, 3.63) is 59.0 Å². The van der Waals surface area contributed by atoms with Gasteiger partial charge in [0.25, 0.3) is 5.91 Å². The number of aromatic nitrogens is 4. The maximum Gasteiger partial charge on any atom is 0.324 e. The van der Waals surface area contributed by atoms with Gasteiger partial charge < -0.3 is 14.3 Å². The standard InChI is InChI=1S/C23H22ClFN6O2/c1-14(2)31-20-12-15(3-4-17(20)13-26-31)21-27-23(33-28-21)30-9-7-29(8-10-30)22(32)16-5-6-18(24)19(25)11-16/h3-6,11-14H,7-10H2,1-2H3. The largest absolute Gasteiger partial charge is 0.335 e. The Kier molecular flexibility index (Phi) is 5.49. The molecule has 0 saturated carbocycles. The van der Waals surface area contributed by atoms with Gasteiger partial charge in [0.1, 0.15) is 5.82 Å². The Balaban J connectivity index is 1.28. The van der Waals surface area contributed by atoms with Crippen molar-refractivity contribution >= 4 is 34.4 Å². The topological polar surface area (TPSA) is 80.3 Å². The van der Waals surface area contributed by atoms with Gasteiger partial charge in [-0.25, -0.2) is 4.39 Å². The van der Waals surface area contributed by atoms with E-state index >= 15 is 0 Å². The van der Waals surface area contributed by atoms with Crippen LogP contribution in [0.3, 0.4) is 0 Å². The van der Waals surface area contributed by atoms with Crippen molar-refractivity contribution in [3.8, 4) is 11.4 Å². The van der Waals surface area contributed by atoms with Crippen LogP contribution in [-0.2, 0) is 0 Å². The minimum absolute atomic E-state index is 0.00335. The first-order valence-electron chi connectivity index (χ1n) is 10.7. The molecule has 2 aromatic heterocycles. The summed E-state index contributed by atoms with van der Waals surface area (Å²) in [4.78, 5) is 20.9. The number of hydrogen-bond donors (Lipinski definition) is 0. The van der Waals surface area contributed by atoms with Gasteiger partial charge >= 0.3 is 6.01 Å². The molecule has 0 aliphatic carbocycles. The van der Waals surface area contributed by atoms with E-state index < -0.39 is 5.82 Å². The van der Waals surface area contributed by atoms with Gasteiger partial charge in [-0.05, 0) is 38.1 Å². The summed E-state index contributed by atoms with van der Waals surface area (Å²) in [6.07, 6.45) is 1.85. The summed E-state index contributed by atoms with van der Waals surface area (Å²) in [6, 6.07) is 10.7. The van der Waals surface area contributed by atoms with Gasteiger partial charge in [0, 0.05) is 48.7 Å². The molecule has 0 radical (unpaired) electrons. The lowest BCUT2D eigenvalue weighted by molar-refractivity contribution is 0.0744. The first-order chi connectivity index (χ1) is 15.9. The Hall–Kier alpha value is -3.46. The zero-order valence-corrected chi connectivity index (χ0v) is 19.0. The summed E-state index contributed by atoms with van der Waals surface area (Å²) >= 11 is 5.71.